The highest BCUT2D eigenvalue weighted by Crippen LogP contribution is 2.16. The summed E-state index contributed by atoms with van der Waals surface area (Å²) in [6.45, 7) is 0. The molecule has 0 aromatic heterocycles. The number of hydrogen-bond donors (Lipinski definition) is 1. The van der Waals surface area contributed by atoms with Gasteiger partial charge in [-0.25, -0.2) is 17.6 Å². The van der Waals surface area contributed by atoms with Crippen LogP contribution >= 0.6 is 0 Å². The Labute approximate surface area is 59.8 Å². The van der Waals surface area contributed by atoms with Gasteiger partial charge in [-0.15, -0.1) is 0 Å². The maximum atomic E-state index is 11.9. The highest BCUT2D eigenvalue weighted by atomic mass is 32.2. The Hall–Kier alpha value is -0.370. The highest BCUT2D eigenvalue weighted by molar-refractivity contribution is 7.86. The van der Waals surface area contributed by atoms with Crippen molar-refractivity contribution in [2.24, 2.45) is 0 Å². The molecule has 3 nitrogen and oxygen atoms in total. The predicted molar refractivity (Wildman–Crippen MR) is 27.3 cm³/mol. The first-order chi connectivity index (χ1) is 4.76. The third kappa shape index (κ3) is 3.02. The van der Waals surface area contributed by atoms with Gasteiger partial charge in [0.05, 0.1) is 0 Å². The van der Waals surface area contributed by atoms with E-state index in [0.29, 0.717) is 0 Å². The molecule has 0 saturated carbocycles. The van der Waals surface area contributed by atoms with Crippen LogP contribution in [0.5, 0.6) is 0 Å². The molecule has 1 N–H and O–H groups in total. The van der Waals surface area contributed by atoms with Crippen LogP contribution < -0.4 is 0 Å². The van der Waals surface area contributed by atoms with E-state index in [4.69, 9.17) is 4.55 Å². The van der Waals surface area contributed by atoms with Crippen molar-refractivity contribution < 1.29 is 30.5 Å². The molecule has 0 spiro atoms. The third-order valence-corrected chi connectivity index (χ3v) is 1.60. The fraction of sp³-hybridized carbons (Fsp3) is 1.00. The van der Waals surface area contributed by atoms with Crippen molar-refractivity contribution in [2.75, 3.05) is 0 Å². The lowest BCUT2D eigenvalue weighted by Crippen LogP contribution is -2.31. The first kappa shape index (κ1) is 10.6. The molecule has 0 bridgehead atoms. The number of halogens is 4. The molecule has 0 aliphatic carbocycles. The second-order valence-corrected chi connectivity index (χ2v) is 3.13. The fourth-order valence-corrected chi connectivity index (χ4v) is 0.726. The third-order valence-electron chi connectivity index (χ3n) is 0.776. The minimum atomic E-state index is -5.37. The van der Waals surface area contributed by atoms with Crippen LogP contribution in [-0.4, -0.2) is 31.1 Å². The van der Waals surface area contributed by atoms with E-state index < -0.39 is 28.2 Å². The Balaban J connectivity index is 4.38. The predicted octanol–water partition coefficient (Wildman–Crippen LogP) is 0.773. The first-order valence-electron chi connectivity index (χ1n) is 2.29. The summed E-state index contributed by atoms with van der Waals surface area (Å²) in [5.74, 6) is 0. The summed E-state index contributed by atoms with van der Waals surface area (Å²) in [4.78, 5) is 0. The summed E-state index contributed by atoms with van der Waals surface area (Å²) in [5, 5.41) is 0. The van der Waals surface area contributed by atoms with Gasteiger partial charge in [0, 0.05) is 0 Å². The second kappa shape index (κ2) is 3.35. The molecule has 0 aliphatic heterocycles. The minimum Gasteiger partial charge on any atom is -0.283 e. The molecule has 0 aromatic carbocycles. The zero-order valence-electron chi connectivity index (χ0n) is 4.92. The summed E-state index contributed by atoms with van der Waals surface area (Å²) in [5.41, 5.74) is -3.58. The molecule has 0 rings (SSSR count). The molecule has 0 aromatic rings. The van der Waals surface area contributed by atoms with Crippen LogP contribution in [0.3, 0.4) is 0 Å². The van der Waals surface area contributed by atoms with Crippen LogP contribution in [-0.2, 0) is 10.1 Å². The van der Waals surface area contributed by atoms with Gasteiger partial charge in [-0.05, 0) is 0 Å². The van der Waals surface area contributed by atoms with E-state index in [-0.39, 0.29) is 0 Å². The summed E-state index contributed by atoms with van der Waals surface area (Å²) in [6, 6.07) is 0. The lowest BCUT2D eigenvalue weighted by atomic mass is 10.4. The van der Waals surface area contributed by atoms with E-state index in [1.807, 2.05) is 0 Å². The first-order valence-corrected chi connectivity index (χ1v) is 3.79. The smallest absolute Gasteiger partial charge is 0.283 e. The molecule has 2 atom stereocenters. The largest absolute Gasteiger partial charge is 0.300 e. The Morgan fingerprint density at radius 1 is 1.09 bits per heavy atom. The van der Waals surface area contributed by atoms with Gasteiger partial charge >= 0.3 is 10.1 Å². The average Bonchev–Trinajstić information content (AvgIpc) is 1.82. The van der Waals surface area contributed by atoms with E-state index in [1.54, 1.807) is 0 Å². The highest BCUT2D eigenvalue weighted by Gasteiger charge is 2.38. The van der Waals surface area contributed by atoms with Crippen molar-refractivity contribution in [1.82, 2.24) is 0 Å². The Morgan fingerprint density at radius 3 is 1.55 bits per heavy atom. The number of alkyl halides is 4. The monoisotopic (exact) mass is 196 g/mol. The Bertz CT molecular complexity index is 213. The van der Waals surface area contributed by atoms with Gasteiger partial charge in [0.15, 0.2) is 0 Å². The van der Waals surface area contributed by atoms with Gasteiger partial charge in [0.2, 0.25) is 6.17 Å². The summed E-state index contributed by atoms with van der Waals surface area (Å²) in [7, 11) is -5.37. The quantitative estimate of drug-likeness (QED) is 0.535. The lowest BCUT2D eigenvalue weighted by molar-refractivity contribution is 0.0232. The van der Waals surface area contributed by atoms with Crippen LogP contribution in [0, 0.1) is 0 Å². The minimum absolute atomic E-state index is 3.51. The van der Waals surface area contributed by atoms with Gasteiger partial charge in [-0.3, -0.25) is 4.55 Å². The van der Waals surface area contributed by atoms with Crippen molar-refractivity contribution in [1.29, 1.82) is 0 Å². The Kier molecular flexibility index (Phi) is 3.24. The molecule has 8 heteroatoms. The molecule has 2 unspecified atom stereocenters. The molecule has 0 saturated heterocycles. The molecule has 68 valence electrons. The SMILES string of the molecule is O=S(=O)(O)C(F)C(F)C(F)F. The molecule has 0 radical (unpaired) electrons. The maximum Gasteiger partial charge on any atom is 0.300 e. The zero-order chi connectivity index (χ0) is 9.23. The van der Waals surface area contributed by atoms with E-state index in [9.17, 15) is 26.0 Å². The van der Waals surface area contributed by atoms with Crippen molar-refractivity contribution in [2.45, 2.75) is 18.1 Å². The normalized spacial score (nSPS) is 18.4. The van der Waals surface area contributed by atoms with E-state index in [0.717, 1.165) is 0 Å². The van der Waals surface area contributed by atoms with E-state index >= 15 is 0 Å². The summed E-state index contributed by atoms with van der Waals surface area (Å²) >= 11 is 0. The van der Waals surface area contributed by atoms with Crippen molar-refractivity contribution >= 4 is 10.1 Å². The standard InChI is InChI=1S/C3H4F4O3S/c4-1(2(5)6)3(7)11(8,9)10/h1-3H,(H,8,9,10). The van der Waals surface area contributed by atoms with Crippen LogP contribution in [0.15, 0.2) is 0 Å². The molecular weight excluding hydrogens is 192 g/mol. The van der Waals surface area contributed by atoms with Crippen molar-refractivity contribution in [3.8, 4) is 0 Å². The molecular formula is C3H4F4O3S. The van der Waals surface area contributed by atoms with Gasteiger partial charge in [0.1, 0.15) is 0 Å². The Morgan fingerprint density at radius 2 is 1.45 bits per heavy atom. The molecule has 0 amide bonds. The van der Waals surface area contributed by atoms with Gasteiger partial charge in [-0.2, -0.15) is 8.42 Å². The zero-order valence-corrected chi connectivity index (χ0v) is 5.73. The van der Waals surface area contributed by atoms with Crippen LogP contribution in [0.4, 0.5) is 17.6 Å². The summed E-state index contributed by atoms with van der Waals surface area (Å²) in [6.07, 6.45) is -7.28. The second-order valence-electron chi connectivity index (χ2n) is 1.65. The maximum absolute atomic E-state index is 11.9. The van der Waals surface area contributed by atoms with Crippen LogP contribution in [0.1, 0.15) is 0 Å². The summed E-state index contributed by atoms with van der Waals surface area (Å²) < 4.78 is 73.1. The van der Waals surface area contributed by atoms with Gasteiger partial charge in [-0.1, -0.05) is 0 Å². The molecule has 0 aliphatic rings. The van der Waals surface area contributed by atoms with Gasteiger partial charge in [0.25, 0.3) is 11.9 Å². The van der Waals surface area contributed by atoms with Crippen LogP contribution in [0.2, 0.25) is 0 Å². The van der Waals surface area contributed by atoms with Gasteiger partial charge < -0.3 is 0 Å². The number of rotatable bonds is 3. The fourth-order valence-electron chi connectivity index (χ4n) is 0.279. The van der Waals surface area contributed by atoms with Crippen molar-refractivity contribution in [3.05, 3.63) is 0 Å². The molecule has 11 heavy (non-hydrogen) atoms. The van der Waals surface area contributed by atoms with E-state index in [1.165, 1.54) is 0 Å². The topological polar surface area (TPSA) is 54.4 Å². The van der Waals surface area contributed by atoms with Crippen LogP contribution in [0.25, 0.3) is 0 Å². The number of hydrogen-bond acceptors (Lipinski definition) is 2. The molecule has 0 fully saturated rings. The van der Waals surface area contributed by atoms with E-state index in [2.05, 4.69) is 0 Å². The lowest BCUT2D eigenvalue weighted by Gasteiger charge is -2.08. The van der Waals surface area contributed by atoms with Crippen molar-refractivity contribution in [3.63, 3.8) is 0 Å². The average molecular weight is 196 g/mol. The molecule has 0 heterocycles.